The molecule has 2 aromatic rings. The predicted octanol–water partition coefficient (Wildman–Crippen LogP) is 0.0951. The Kier molecular flexibility index (Phi) is 5.54. The highest BCUT2D eigenvalue weighted by molar-refractivity contribution is 5.98. The van der Waals surface area contributed by atoms with Gasteiger partial charge in [0.1, 0.15) is 12.3 Å². The van der Waals surface area contributed by atoms with Crippen molar-refractivity contribution in [3.05, 3.63) is 47.3 Å². The summed E-state index contributed by atoms with van der Waals surface area (Å²) < 4.78 is 5.23. The molecule has 1 fully saturated rings. The van der Waals surface area contributed by atoms with Crippen molar-refractivity contribution in [3.63, 3.8) is 0 Å². The third-order valence-corrected chi connectivity index (χ3v) is 5.83. The van der Waals surface area contributed by atoms with Gasteiger partial charge in [-0.2, -0.15) is 0 Å². The number of nitrogens with zero attached hydrogens (tertiary/aromatic N) is 3. The van der Waals surface area contributed by atoms with Crippen LogP contribution in [0.3, 0.4) is 0 Å². The van der Waals surface area contributed by atoms with Crippen molar-refractivity contribution in [2.24, 2.45) is 0 Å². The van der Waals surface area contributed by atoms with Gasteiger partial charge in [0.15, 0.2) is 5.78 Å². The van der Waals surface area contributed by atoms with E-state index in [-0.39, 0.29) is 18.3 Å². The first-order chi connectivity index (χ1) is 13.7. The zero-order valence-electron chi connectivity index (χ0n) is 16.2. The molecule has 0 saturated carbocycles. The van der Waals surface area contributed by atoms with E-state index in [2.05, 4.69) is 9.88 Å². The second kappa shape index (κ2) is 8.24. The van der Waals surface area contributed by atoms with Crippen LogP contribution in [0.2, 0.25) is 0 Å². The first-order valence-corrected chi connectivity index (χ1v) is 9.90. The highest BCUT2D eigenvalue weighted by atomic mass is 16.5. The molecule has 1 saturated heterocycles. The largest absolute Gasteiger partial charge is 0.497 e. The summed E-state index contributed by atoms with van der Waals surface area (Å²) in [7, 11) is 1.65. The molecule has 4 rings (SSSR count). The maximum absolute atomic E-state index is 12.6. The summed E-state index contributed by atoms with van der Waals surface area (Å²) in [4.78, 5) is 25.5. The van der Waals surface area contributed by atoms with Gasteiger partial charge in [0.2, 0.25) is 5.95 Å². The number of fused-ring (bicyclic) bond motifs is 1. The van der Waals surface area contributed by atoms with E-state index in [1.807, 2.05) is 24.3 Å². The van der Waals surface area contributed by atoms with Gasteiger partial charge >= 0.3 is 0 Å². The summed E-state index contributed by atoms with van der Waals surface area (Å²) in [5.41, 5.74) is 2.66. The molecule has 1 aromatic carbocycles. The number of quaternary nitrogens is 1. The van der Waals surface area contributed by atoms with E-state index in [9.17, 15) is 4.79 Å². The lowest BCUT2D eigenvalue weighted by Crippen LogP contribution is -3.15. The van der Waals surface area contributed by atoms with Crippen LogP contribution in [-0.4, -0.2) is 67.3 Å². The van der Waals surface area contributed by atoms with Gasteiger partial charge in [0.25, 0.3) is 0 Å². The van der Waals surface area contributed by atoms with E-state index in [0.29, 0.717) is 17.9 Å². The average molecular weight is 383 g/mol. The van der Waals surface area contributed by atoms with Crippen molar-refractivity contribution in [2.45, 2.75) is 18.8 Å². The number of benzene rings is 1. The van der Waals surface area contributed by atoms with Crippen molar-refractivity contribution in [2.75, 3.05) is 51.3 Å². The van der Waals surface area contributed by atoms with Gasteiger partial charge in [0, 0.05) is 12.6 Å². The molecular formula is C21H27N4O3+. The molecule has 1 aliphatic carbocycles. The molecule has 28 heavy (non-hydrogen) atoms. The minimum absolute atomic E-state index is 0.117. The normalized spacial score (nSPS) is 20.1. The highest BCUT2D eigenvalue weighted by Crippen LogP contribution is 2.33. The molecule has 0 bridgehead atoms. The average Bonchev–Trinajstić information content (AvgIpc) is 2.74. The number of ketones is 1. The van der Waals surface area contributed by atoms with Crippen LogP contribution < -0.4 is 14.5 Å². The molecule has 2 aliphatic rings. The molecule has 0 unspecified atom stereocenters. The Morgan fingerprint density at radius 3 is 2.64 bits per heavy atom. The lowest BCUT2D eigenvalue weighted by Gasteiger charge is -2.32. The smallest absolute Gasteiger partial charge is 0.225 e. The van der Waals surface area contributed by atoms with Crippen molar-refractivity contribution in [1.29, 1.82) is 0 Å². The van der Waals surface area contributed by atoms with Crippen LogP contribution in [0.4, 0.5) is 5.95 Å². The van der Waals surface area contributed by atoms with E-state index in [1.54, 1.807) is 13.3 Å². The van der Waals surface area contributed by atoms with Gasteiger partial charge in [-0.3, -0.25) is 4.79 Å². The van der Waals surface area contributed by atoms with Crippen LogP contribution in [0, 0.1) is 0 Å². The molecule has 7 heteroatoms. The predicted molar refractivity (Wildman–Crippen MR) is 105 cm³/mol. The summed E-state index contributed by atoms with van der Waals surface area (Å²) in [6.07, 6.45) is 2.95. The number of nitrogens with one attached hydrogen (secondary N) is 1. The fourth-order valence-electron chi connectivity index (χ4n) is 4.13. The van der Waals surface area contributed by atoms with Crippen molar-refractivity contribution in [1.82, 2.24) is 9.97 Å². The number of hydrogen-bond acceptors (Lipinski definition) is 6. The first-order valence-electron chi connectivity index (χ1n) is 9.90. The minimum atomic E-state index is 0.117. The minimum Gasteiger partial charge on any atom is -0.497 e. The van der Waals surface area contributed by atoms with Crippen LogP contribution in [-0.2, 0) is 6.42 Å². The maximum Gasteiger partial charge on any atom is 0.225 e. The Hall–Kier alpha value is -2.51. The molecule has 0 radical (unpaired) electrons. The van der Waals surface area contributed by atoms with Gasteiger partial charge in [-0.05, 0) is 30.0 Å². The Bertz CT molecular complexity index is 832. The number of ether oxygens (including phenoxy) is 1. The number of aliphatic hydroxyl groups excluding tert-OH is 1. The third-order valence-electron chi connectivity index (χ3n) is 5.83. The lowest BCUT2D eigenvalue weighted by atomic mass is 9.82. The summed E-state index contributed by atoms with van der Waals surface area (Å²) in [5, 5.41) is 9.11. The second-order valence-electron chi connectivity index (χ2n) is 7.54. The number of carbonyl (C=O) groups excluding carboxylic acids is 1. The Morgan fingerprint density at radius 1 is 1.21 bits per heavy atom. The Morgan fingerprint density at radius 2 is 1.96 bits per heavy atom. The zero-order chi connectivity index (χ0) is 19.5. The Balaban J connectivity index is 1.51. The van der Waals surface area contributed by atoms with Crippen LogP contribution >= 0.6 is 0 Å². The lowest BCUT2D eigenvalue weighted by molar-refractivity contribution is -0.900. The van der Waals surface area contributed by atoms with Crippen molar-refractivity contribution in [3.8, 4) is 5.75 Å². The molecule has 1 atom stereocenters. The SMILES string of the molecule is COc1ccc([C@@H]2CC(=O)c3cnc(N4CC[NH+](CCO)CC4)nc3C2)cc1. The van der Waals surface area contributed by atoms with Gasteiger partial charge in [-0.25, -0.2) is 9.97 Å². The number of aliphatic hydroxyl groups is 1. The molecule has 2 N–H and O–H groups in total. The zero-order valence-corrected chi connectivity index (χ0v) is 16.2. The second-order valence-corrected chi connectivity index (χ2v) is 7.54. The topological polar surface area (TPSA) is 80.0 Å². The number of rotatable bonds is 5. The van der Waals surface area contributed by atoms with Crippen LogP contribution in [0.1, 0.15) is 34.0 Å². The number of Topliss-reactive ketones (excluding diaryl/α,β-unsaturated/α-hetero) is 1. The number of carbonyl (C=O) groups is 1. The standard InChI is InChI=1S/C21H26N4O3/c1-28-17-4-2-15(3-5-17)16-12-19-18(20(27)13-16)14-22-21(23-19)25-8-6-24(7-9-25)10-11-26/h2-5,14,16,26H,6-13H2,1H3/p+1/t16-/m0/s1. The van der Waals surface area contributed by atoms with Crippen LogP contribution in [0.25, 0.3) is 0 Å². The number of hydrogen-bond donors (Lipinski definition) is 2. The van der Waals surface area contributed by atoms with Crippen molar-refractivity contribution >= 4 is 11.7 Å². The maximum atomic E-state index is 12.6. The first kappa shape index (κ1) is 18.8. The fraction of sp³-hybridized carbons (Fsp3) is 0.476. The van der Waals surface area contributed by atoms with E-state index < -0.39 is 0 Å². The summed E-state index contributed by atoms with van der Waals surface area (Å²) >= 11 is 0. The third kappa shape index (κ3) is 3.86. The number of methoxy groups -OCH3 is 1. The number of piperazine rings is 1. The van der Waals surface area contributed by atoms with Crippen LogP contribution in [0.5, 0.6) is 5.75 Å². The Labute approximate surface area is 165 Å². The van der Waals surface area contributed by atoms with Crippen molar-refractivity contribution < 1.29 is 19.5 Å². The fourth-order valence-corrected chi connectivity index (χ4v) is 4.13. The molecule has 1 aromatic heterocycles. The summed E-state index contributed by atoms with van der Waals surface area (Å²) in [6, 6.07) is 7.95. The van der Waals surface area contributed by atoms with Crippen LogP contribution in [0.15, 0.2) is 30.5 Å². The molecule has 2 heterocycles. The molecule has 7 nitrogen and oxygen atoms in total. The molecule has 148 valence electrons. The quantitative estimate of drug-likeness (QED) is 0.762. The van der Waals surface area contributed by atoms with E-state index in [0.717, 1.165) is 56.2 Å². The van der Waals surface area contributed by atoms with E-state index in [4.69, 9.17) is 14.8 Å². The van der Waals surface area contributed by atoms with E-state index in [1.165, 1.54) is 4.90 Å². The molecule has 1 aliphatic heterocycles. The number of anilines is 1. The van der Waals surface area contributed by atoms with Gasteiger partial charge in [-0.1, -0.05) is 12.1 Å². The molecular weight excluding hydrogens is 356 g/mol. The van der Waals surface area contributed by atoms with Gasteiger partial charge < -0.3 is 19.6 Å². The molecule has 0 spiro atoms. The summed E-state index contributed by atoms with van der Waals surface area (Å²) in [5.74, 6) is 1.79. The molecule has 0 amide bonds. The van der Waals surface area contributed by atoms with E-state index >= 15 is 0 Å². The van der Waals surface area contributed by atoms with Gasteiger partial charge in [-0.15, -0.1) is 0 Å². The van der Waals surface area contributed by atoms with Gasteiger partial charge in [0.05, 0.1) is 51.2 Å². The summed E-state index contributed by atoms with van der Waals surface area (Å²) in [6.45, 7) is 4.67. The highest BCUT2D eigenvalue weighted by Gasteiger charge is 2.29. The monoisotopic (exact) mass is 383 g/mol. The number of aromatic nitrogens is 2.